The second kappa shape index (κ2) is 30.7. The Morgan fingerprint density at radius 3 is 1.23 bits per heavy atom. The first-order valence-corrected chi connectivity index (χ1v) is 30.6. The summed E-state index contributed by atoms with van der Waals surface area (Å²) in [5.41, 5.74) is 19.2. The van der Waals surface area contributed by atoms with Crippen molar-refractivity contribution in [3.05, 3.63) is 117 Å². The Morgan fingerprint density at radius 2 is 0.900 bits per heavy atom. The molecule has 2 aliphatic carbocycles. The minimum absolute atomic E-state index is 0.0169. The number of rotatable bonds is 31. The van der Waals surface area contributed by atoms with Crippen LogP contribution in [0.15, 0.2) is 115 Å². The van der Waals surface area contributed by atoms with Gasteiger partial charge in [-0.15, -0.1) is 20.5 Å². The SMILES string of the molecule is CCCCC(CC)CN(C(=O)c1ccccc1/N=N/C1=C(N)C(c2nc(OC)nc(C3C=C(C(C)(C)C)C(/N=N/c4ccccc4C(=O)N(CC(CC)CCCC)C(CC)CCCC)=C3N)n2)C=C1C(C)(C)C)C(CC)CCCC. The van der Waals surface area contributed by atoms with Gasteiger partial charge in [0, 0.05) is 25.2 Å². The van der Waals surface area contributed by atoms with Gasteiger partial charge in [0.05, 0.1) is 52.8 Å². The minimum Gasteiger partial charge on any atom is -0.467 e. The number of nitrogens with two attached hydrogens (primary N) is 2. The van der Waals surface area contributed by atoms with Crippen molar-refractivity contribution in [2.24, 2.45) is 54.6 Å². The summed E-state index contributed by atoms with van der Waals surface area (Å²) in [6, 6.07) is 15.4. The van der Waals surface area contributed by atoms with E-state index in [0.29, 0.717) is 81.9 Å². The van der Waals surface area contributed by atoms with Crippen LogP contribution in [0.25, 0.3) is 0 Å². The molecule has 0 bridgehead atoms. The van der Waals surface area contributed by atoms with Crippen LogP contribution in [-0.2, 0) is 0 Å². The van der Waals surface area contributed by atoms with Crippen LogP contribution < -0.4 is 16.2 Å². The second-order valence-corrected chi connectivity index (χ2v) is 24.4. The van der Waals surface area contributed by atoms with Crippen molar-refractivity contribution in [1.29, 1.82) is 0 Å². The van der Waals surface area contributed by atoms with Gasteiger partial charge in [-0.25, -0.2) is 4.98 Å². The monoisotopic (exact) mass is 1100 g/mol. The van der Waals surface area contributed by atoms with E-state index in [0.717, 1.165) is 114 Å². The summed E-state index contributed by atoms with van der Waals surface area (Å²) >= 11 is 0. The topological polar surface area (TPSA) is 190 Å². The first-order chi connectivity index (χ1) is 38.2. The van der Waals surface area contributed by atoms with Gasteiger partial charge < -0.3 is 26.0 Å². The third kappa shape index (κ3) is 16.5. The van der Waals surface area contributed by atoms with Gasteiger partial charge in [0.15, 0.2) is 0 Å². The number of nitrogens with zero attached hydrogens (tertiary/aromatic N) is 9. The Labute approximate surface area is 482 Å². The van der Waals surface area contributed by atoms with Gasteiger partial charge in [-0.05, 0) is 96.6 Å². The van der Waals surface area contributed by atoms with Crippen LogP contribution in [0.2, 0.25) is 0 Å². The number of ether oxygens (including phenoxy) is 1. The minimum atomic E-state index is -0.613. The lowest BCUT2D eigenvalue weighted by atomic mass is 9.85. The fraction of sp³-hybridized carbons (Fsp3) is 0.621. The summed E-state index contributed by atoms with van der Waals surface area (Å²) < 4.78 is 5.77. The van der Waals surface area contributed by atoms with E-state index >= 15 is 0 Å². The van der Waals surface area contributed by atoms with Crippen LogP contribution in [-0.4, -0.2) is 68.8 Å². The van der Waals surface area contributed by atoms with E-state index in [1.54, 1.807) is 0 Å². The fourth-order valence-electron chi connectivity index (χ4n) is 11.1. The van der Waals surface area contributed by atoms with E-state index in [-0.39, 0.29) is 29.9 Å². The maximum Gasteiger partial charge on any atom is 0.319 e. The normalized spacial score (nSPS) is 17.5. The fourth-order valence-corrected chi connectivity index (χ4v) is 11.1. The van der Waals surface area contributed by atoms with Crippen molar-refractivity contribution in [1.82, 2.24) is 24.8 Å². The number of unbranched alkanes of at least 4 members (excludes halogenated alkanes) is 4. The van der Waals surface area contributed by atoms with E-state index < -0.39 is 22.7 Å². The molecule has 6 atom stereocenters. The molecule has 1 heterocycles. The molecular formula is C66H101N11O3. The number of amides is 2. The number of hydrogen-bond donors (Lipinski definition) is 2. The Bertz CT molecular complexity index is 2530. The van der Waals surface area contributed by atoms with E-state index in [2.05, 4.69) is 107 Å². The van der Waals surface area contributed by atoms with E-state index in [1.807, 2.05) is 60.7 Å². The standard InChI is InChI=1S/C66H101N11O3/c1-16-24-32-44(20-5)42-76(46(22-7)34-26-18-3)62(78)48-36-28-30-38-54(48)72-74-58-52(65(9,10)11)40-50(56(58)67)60-69-61(71-64(70-60)80-15)51-41-53(66(12,13)14)59(57(51)68)75-73-55-39-31-29-37-49(55)63(79)77(47(23-8)35-27-19-4)43-45(21-6)33-25-17-2/h28-31,36-41,44-47,50-51H,16-27,32-35,42-43,67-68H2,1-15H3/b74-72+,75-73+. The Balaban J connectivity index is 1.56. The van der Waals surface area contributed by atoms with Crippen molar-refractivity contribution in [3.8, 4) is 6.01 Å². The maximum absolute atomic E-state index is 14.9. The van der Waals surface area contributed by atoms with Crippen LogP contribution in [0.1, 0.15) is 244 Å². The lowest BCUT2D eigenvalue weighted by Gasteiger charge is -2.34. The average molecular weight is 1100 g/mol. The van der Waals surface area contributed by atoms with Gasteiger partial charge >= 0.3 is 6.01 Å². The zero-order valence-corrected chi connectivity index (χ0v) is 51.9. The zero-order chi connectivity index (χ0) is 58.7. The van der Waals surface area contributed by atoms with E-state index in [9.17, 15) is 9.59 Å². The summed E-state index contributed by atoms with van der Waals surface area (Å²) in [7, 11) is 1.52. The molecule has 0 spiro atoms. The van der Waals surface area contributed by atoms with Crippen molar-refractivity contribution >= 4 is 23.2 Å². The predicted molar refractivity (Wildman–Crippen MR) is 327 cm³/mol. The Kier molecular flexibility index (Phi) is 24.8. The summed E-state index contributed by atoms with van der Waals surface area (Å²) in [4.78, 5) is 48.7. The highest BCUT2D eigenvalue weighted by molar-refractivity contribution is 5.99. The van der Waals surface area contributed by atoms with Gasteiger partial charge in [0.1, 0.15) is 23.0 Å². The largest absolute Gasteiger partial charge is 0.467 e. The summed E-state index contributed by atoms with van der Waals surface area (Å²) in [6.45, 7) is 31.8. The highest BCUT2D eigenvalue weighted by atomic mass is 16.5. The summed E-state index contributed by atoms with van der Waals surface area (Å²) in [6.07, 6.45) is 20.8. The smallest absolute Gasteiger partial charge is 0.319 e. The molecule has 3 aromatic rings. The zero-order valence-electron chi connectivity index (χ0n) is 51.9. The van der Waals surface area contributed by atoms with Gasteiger partial charge in [-0.1, -0.05) is 198 Å². The highest BCUT2D eigenvalue weighted by Gasteiger charge is 2.38. The number of benzene rings is 2. The lowest BCUT2D eigenvalue weighted by Crippen LogP contribution is -2.43. The molecule has 2 amide bonds. The van der Waals surface area contributed by atoms with Crippen molar-refractivity contribution < 1.29 is 14.3 Å². The third-order valence-electron chi connectivity index (χ3n) is 16.3. The Morgan fingerprint density at radius 1 is 0.537 bits per heavy atom. The Hall–Kier alpha value is -6.05. The molecular weight excluding hydrogens is 995 g/mol. The lowest BCUT2D eigenvalue weighted by molar-refractivity contribution is 0.0607. The van der Waals surface area contributed by atoms with Gasteiger partial charge in [-0.2, -0.15) is 9.97 Å². The van der Waals surface area contributed by atoms with Gasteiger partial charge in [-0.3, -0.25) is 9.59 Å². The van der Waals surface area contributed by atoms with Crippen molar-refractivity contribution in [3.63, 3.8) is 0 Å². The molecule has 4 N–H and O–H groups in total. The number of methoxy groups -OCH3 is 1. The predicted octanol–water partition coefficient (Wildman–Crippen LogP) is 17.2. The molecule has 438 valence electrons. The molecule has 0 aliphatic heterocycles. The number of aromatic nitrogens is 3. The quantitative estimate of drug-likeness (QED) is 0.0595. The van der Waals surface area contributed by atoms with Crippen LogP contribution >= 0.6 is 0 Å². The number of azo groups is 2. The molecule has 0 radical (unpaired) electrons. The van der Waals surface area contributed by atoms with Crippen molar-refractivity contribution in [2.75, 3.05) is 20.2 Å². The van der Waals surface area contributed by atoms with Gasteiger partial charge in [0.2, 0.25) is 0 Å². The van der Waals surface area contributed by atoms with Crippen LogP contribution in [0.4, 0.5) is 11.4 Å². The molecule has 2 aliphatic rings. The van der Waals surface area contributed by atoms with Crippen LogP contribution in [0.5, 0.6) is 6.01 Å². The molecule has 14 nitrogen and oxygen atoms in total. The number of carbonyl (C=O) groups is 2. The number of carbonyl (C=O) groups excluding carboxylic acids is 2. The molecule has 0 saturated carbocycles. The second-order valence-electron chi connectivity index (χ2n) is 24.4. The van der Waals surface area contributed by atoms with Crippen molar-refractivity contribution in [2.45, 2.75) is 224 Å². The number of allylic oxidation sites excluding steroid dienone is 4. The molecule has 6 unspecified atom stereocenters. The molecule has 5 rings (SSSR count). The summed E-state index contributed by atoms with van der Waals surface area (Å²) in [5.74, 6) is 0.300. The molecule has 1 aromatic heterocycles. The summed E-state index contributed by atoms with van der Waals surface area (Å²) in [5, 5.41) is 19.5. The third-order valence-corrected chi connectivity index (χ3v) is 16.3. The molecule has 14 heteroatoms. The molecule has 2 aromatic carbocycles. The maximum atomic E-state index is 14.9. The van der Waals surface area contributed by atoms with E-state index in [4.69, 9.17) is 51.6 Å². The first kappa shape index (κ1) is 64.8. The average Bonchev–Trinajstić information content (AvgIpc) is 4.05. The molecule has 80 heavy (non-hydrogen) atoms. The number of hydrogen-bond acceptors (Lipinski definition) is 12. The van der Waals surface area contributed by atoms with Crippen LogP contribution in [0, 0.1) is 22.7 Å². The van der Waals surface area contributed by atoms with Crippen LogP contribution in [0.3, 0.4) is 0 Å². The van der Waals surface area contributed by atoms with Gasteiger partial charge in [0.25, 0.3) is 11.8 Å². The molecule has 0 fully saturated rings. The van der Waals surface area contributed by atoms with E-state index in [1.165, 1.54) is 7.11 Å². The molecule has 0 saturated heterocycles. The first-order valence-electron chi connectivity index (χ1n) is 30.6. The highest BCUT2D eigenvalue weighted by Crippen LogP contribution is 2.47.